The molecule has 0 unspecified atom stereocenters. The summed E-state index contributed by atoms with van der Waals surface area (Å²) in [5.74, 6) is 2.09. The number of hydrogen-bond donors (Lipinski definition) is 2. The number of benzene rings is 4. The third kappa shape index (κ3) is 10.4. The van der Waals surface area contributed by atoms with E-state index in [1.54, 1.807) is 134 Å². The van der Waals surface area contributed by atoms with Gasteiger partial charge in [0.1, 0.15) is 46.0 Å². The number of hydrogen-bond acceptors (Lipinski definition) is 14. The van der Waals surface area contributed by atoms with Gasteiger partial charge in [0.05, 0.1) is 125 Å². The number of anilines is 4. The lowest BCUT2D eigenvalue weighted by atomic mass is 10.00. The van der Waals surface area contributed by atoms with Crippen LogP contribution in [0.1, 0.15) is 50.5 Å². The molecule has 2 N–H and O–H groups in total. The molecule has 84 heavy (non-hydrogen) atoms. The minimum absolute atomic E-state index is 0.208. The molecule has 20 heteroatoms. The maximum atomic E-state index is 12.9. The van der Waals surface area contributed by atoms with Crippen molar-refractivity contribution >= 4 is 92.7 Å². The molecule has 7 aromatic rings. The molecule has 434 valence electrons. The number of amides is 4. The number of ether oxygens (including phenoxy) is 8. The molecular formula is C64H66N8O12. The van der Waals surface area contributed by atoms with Crippen LogP contribution in [0.4, 0.5) is 22.7 Å². The van der Waals surface area contributed by atoms with Crippen molar-refractivity contribution in [3.8, 4) is 90.5 Å². The smallest absolute Gasteiger partial charge is 0.223 e. The largest absolute Gasteiger partial charge is 0.496 e. The second-order valence-electron chi connectivity index (χ2n) is 19.7. The Morgan fingerprint density at radius 3 is 0.619 bits per heavy atom. The summed E-state index contributed by atoms with van der Waals surface area (Å²) in [5, 5.41) is 0. The Balaban J connectivity index is 1.57. The summed E-state index contributed by atoms with van der Waals surface area (Å²) in [5.41, 5.74) is 10.3. The Hall–Kier alpha value is -10.2. The van der Waals surface area contributed by atoms with Gasteiger partial charge in [0.15, 0.2) is 0 Å². The molecule has 2 aliphatic rings. The predicted octanol–water partition coefficient (Wildman–Crippen LogP) is 11.3. The van der Waals surface area contributed by atoms with Crippen molar-refractivity contribution < 1.29 is 57.1 Å². The molecule has 0 atom stereocenters. The minimum atomic E-state index is -0.208. The van der Waals surface area contributed by atoms with Crippen LogP contribution in [-0.4, -0.2) is 129 Å². The zero-order chi connectivity index (χ0) is 60.6. The van der Waals surface area contributed by atoms with E-state index in [0.29, 0.717) is 158 Å². The molecule has 0 saturated carbocycles. The van der Waals surface area contributed by atoms with E-state index in [9.17, 15) is 19.2 Å². The molecule has 9 rings (SSSR count). The standard InChI is InChI=1S/C64H66N8O12/c1-33(73)69(5)37-25-49(77-9)61(50(26-37)78-10)57-41-17-19-43(65-41)58(62-51(79-11)27-38(28-52(62)80-12)70(6)34(2)74)45-21-23-47(67-45)60(64-55(83-15)31-40(32-56(64)84-16)72(8)36(4)76)48-24-22-46(68-48)59(44-20-18-42(57)66-44)63-53(81-13)29-39(30-54(63)82-14)71(7)35(3)75/h17-32,65,68H,1-16H3. The van der Waals surface area contributed by atoms with Gasteiger partial charge < -0.3 is 67.5 Å². The number of rotatable bonds is 16. The van der Waals surface area contributed by atoms with Gasteiger partial charge in [0.2, 0.25) is 23.6 Å². The van der Waals surface area contributed by atoms with Gasteiger partial charge in [-0.2, -0.15) is 0 Å². The first-order valence-electron chi connectivity index (χ1n) is 26.4. The van der Waals surface area contributed by atoms with E-state index in [-0.39, 0.29) is 23.6 Å². The maximum absolute atomic E-state index is 12.9. The molecule has 20 nitrogen and oxygen atoms in total. The van der Waals surface area contributed by atoms with Crippen LogP contribution < -0.4 is 57.5 Å². The van der Waals surface area contributed by atoms with Crippen molar-refractivity contribution in [3.63, 3.8) is 0 Å². The Bertz CT molecular complexity index is 3470. The van der Waals surface area contributed by atoms with Crippen molar-refractivity contribution in [2.75, 3.05) is 105 Å². The molecule has 0 fully saturated rings. The van der Waals surface area contributed by atoms with Crippen LogP contribution in [0.5, 0.6) is 46.0 Å². The molecule has 0 radical (unpaired) electrons. The molecule has 8 bridgehead atoms. The van der Waals surface area contributed by atoms with Crippen LogP contribution in [0.3, 0.4) is 0 Å². The lowest BCUT2D eigenvalue weighted by Gasteiger charge is -2.21. The highest BCUT2D eigenvalue weighted by Gasteiger charge is 2.30. The fourth-order valence-corrected chi connectivity index (χ4v) is 10.3. The Kier molecular flexibility index (Phi) is 16.5. The monoisotopic (exact) mass is 1140 g/mol. The molecule has 0 spiro atoms. The van der Waals surface area contributed by atoms with Gasteiger partial charge in [-0.3, -0.25) is 19.2 Å². The lowest BCUT2D eigenvalue weighted by molar-refractivity contribution is -0.117. The van der Waals surface area contributed by atoms with Crippen LogP contribution in [0, 0.1) is 0 Å². The van der Waals surface area contributed by atoms with Crippen molar-refractivity contribution in [1.29, 1.82) is 0 Å². The number of aromatic amines is 2. The van der Waals surface area contributed by atoms with Gasteiger partial charge in [0.25, 0.3) is 0 Å². The second kappa shape index (κ2) is 23.7. The number of nitrogens with zero attached hydrogens (tertiary/aromatic N) is 6. The van der Waals surface area contributed by atoms with E-state index in [2.05, 4.69) is 9.97 Å². The first kappa shape index (κ1) is 58.4. The Labute approximate surface area is 486 Å². The average molecular weight is 1140 g/mol. The molecule has 4 aromatic carbocycles. The lowest BCUT2D eigenvalue weighted by Crippen LogP contribution is -2.22. The summed E-state index contributed by atoms with van der Waals surface area (Å²) >= 11 is 0. The van der Waals surface area contributed by atoms with E-state index >= 15 is 0 Å². The van der Waals surface area contributed by atoms with Crippen LogP contribution in [0.2, 0.25) is 0 Å². The Morgan fingerprint density at radius 2 is 0.476 bits per heavy atom. The number of nitrogens with one attached hydrogen (secondary N) is 2. The van der Waals surface area contributed by atoms with Gasteiger partial charge in [-0.25, -0.2) is 9.97 Å². The molecule has 0 saturated heterocycles. The highest BCUT2D eigenvalue weighted by molar-refractivity contribution is 6.06. The summed E-state index contributed by atoms with van der Waals surface area (Å²) in [6, 6.07) is 21.8. The van der Waals surface area contributed by atoms with Crippen molar-refractivity contribution in [2.45, 2.75) is 27.7 Å². The van der Waals surface area contributed by atoms with Gasteiger partial charge in [-0.05, 0) is 48.6 Å². The van der Waals surface area contributed by atoms with Gasteiger partial charge in [0, 0.05) is 149 Å². The fourth-order valence-electron chi connectivity index (χ4n) is 10.3. The molecular weight excluding hydrogens is 1070 g/mol. The van der Waals surface area contributed by atoms with Crippen LogP contribution in [0.25, 0.3) is 90.9 Å². The van der Waals surface area contributed by atoms with E-state index in [4.69, 9.17) is 47.9 Å². The SMILES string of the molecule is COc1cc(N(C)C(C)=O)cc(OC)c1-c1c2nc(c(-c3c(OC)cc(N(C)C(C)=O)cc3OC)c3ccc([nH]3)c(-c3c(OC)cc(N(C)C(C)=O)cc3OC)c3nc(c(-c4c(OC)cc(N(C)C(C)=O)cc4OC)c4ccc1[nH]4)C=C3)C=C2. The van der Waals surface area contributed by atoms with E-state index in [1.165, 1.54) is 47.3 Å². The Morgan fingerprint density at radius 1 is 0.310 bits per heavy atom. The zero-order valence-corrected chi connectivity index (χ0v) is 49.8. The number of carbonyl (C=O) groups excluding carboxylic acids is 4. The molecule has 5 heterocycles. The van der Waals surface area contributed by atoms with Crippen LogP contribution in [0.15, 0.2) is 72.8 Å². The summed E-state index contributed by atoms with van der Waals surface area (Å²) in [6.07, 6.45) is 7.54. The average Bonchev–Trinajstić information content (AvgIpc) is 1.73. The summed E-state index contributed by atoms with van der Waals surface area (Å²) in [6.45, 7) is 5.88. The molecule has 2 aliphatic heterocycles. The summed E-state index contributed by atoms with van der Waals surface area (Å²) in [4.78, 5) is 75.9. The van der Waals surface area contributed by atoms with Crippen molar-refractivity contribution in [1.82, 2.24) is 19.9 Å². The van der Waals surface area contributed by atoms with E-state index in [0.717, 1.165) is 0 Å². The summed E-state index contributed by atoms with van der Waals surface area (Å²) < 4.78 is 49.8. The van der Waals surface area contributed by atoms with Crippen molar-refractivity contribution in [3.05, 3.63) is 95.6 Å². The zero-order valence-electron chi connectivity index (χ0n) is 49.8. The predicted molar refractivity (Wildman–Crippen MR) is 329 cm³/mol. The maximum Gasteiger partial charge on any atom is 0.223 e. The summed E-state index contributed by atoms with van der Waals surface area (Å²) in [7, 11) is 19.0. The fraction of sp³-hybridized carbons (Fsp3) is 0.250. The molecule has 4 amide bonds. The number of H-pyrrole nitrogens is 2. The third-order valence-electron chi connectivity index (χ3n) is 15.2. The van der Waals surface area contributed by atoms with Crippen molar-refractivity contribution in [2.24, 2.45) is 0 Å². The van der Waals surface area contributed by atoms with Crippen LogP contribution in [-0.2, 0) is 19.2 Å². The second-order valence-corrected chi connectivity index (χ2v) is 19.7. The first-order chi connectivity index (χ1) is 40.2. The molecule has 3 aromatic heterocycles. The highest BCUT2D eigenvalue weighted by Crippen LogP contribution is 2.52. The quantitative estimate of drug-likeness (QED) is 0.0921. The molecule has 0 aliphatic carbocycles. The van der Waals surface area contributed by atoms with Gasteiger partial charge >= 0.3 is 0 Å². The highest BCUT2D eigenvalue weighted by atomic mass is 16.5. The van der Waals surface area contributed by atoms with Gasteiger partial charge in [-0.15, -0.1) is 0 Å². The van der Waals surface area contributed by atoms with E-state index < -0.39 is 0 Å². The van der Waals surface area contributed by atoms with Crippen LogP contribution >= 0.6 is 0 Å². The number of fused-ring (bicyclic) bond motifs is 8. The number of carbonyl (C=O) groups is 4. The number of methoxy groups -OCH3 is 8. The third-order valence-corrected chi connectivity index (χ3v) is 15.2. The normalized spacial score (nSPS) is 11.4. The first-order valence-corrected chi connectivity index (χ1v) is 26.4. The van der Waals surface area contributed by atoms with E-state index in [1.807, 2.05) is 48.6 Å². The number of aromatic nitrogens is 4. The topological polar surface area (TPSA) is 212 Å². The minimum Gasteiger partial charge on any atom is -0.496 e. The van der Waals surface area contributed by atoms with Gasteiger partial charge in [-0.1, -0.05) is 0 Å².